The van der Waals surface area contributed by atoms with Gasteiger partial charge in [-0.3, -0.25) is 0 Å². The maximum absolute atomic E-state index is 12.2. The summed E-state index contributed by atoms with van der Waals surface area (Å²) in [7, 11) is -3.50. The van der Waals surface area contributed by atoms with E-state index < -0.39 is 10.0 Å². The fourth-order valence-corrected chi connectivity index (χ4v) is 4.59. The molecule has 0 aliphatic heterocycles. The standard InChI is InChI=1S/C15H19NO3S2/c1-11-5-3-4-6-13(11)7-8-16-21(18,19)15-9-12(2)14(10-17)20-15/h3-6,9,16-17H,7-8,10H2,1-2H3. The summed E-state index contributed by atoms with van der Waals surface area (Å²) in [5.74, 6) is 0. The van der Waals surface area contributed by atoms with Gasteiger partial charge in [0.1, 0.15) is 4.21 Å². The number of nitrogens with one attached hydrogen (secondary N) is 1. The van der Waals surface area contributed by atoms with Crippen LogP contribution in [0.4, 0.5) is 0 Å². The van der Waals surface area contributed by atoms with Crippen LogP contribution >= 0.6 is 11.3 Å². The zero-order valence-corrected chi connectivity index (χ0v) is 13.7. The third-order valence-electron chi connectivity index (χ3n) is 3.35. The lowest BCUT2D eigenvalue weighted by Crippen LogP contribution is -2.25. The van der Waals surface area contributed by atoms with Crippen molar-refractivity contribution in [2.45, 2.75) is 31.1 Å². The molecule has 0 spiro atoms. The van der Waals surface area contributed by atoms with Crippen molar-refractivity contribution < 1.29 is 13.5 Å². The molecule has 2 rings (SSSR count). The summed E-state index contributed by atoms with van der Waals surface area (Å²) in [6.45, 7) is 4.04. The van der Waals surface area contributed by atoms with E-state index in [2.05, 4.69) is 4.72 Å². The van der Waals surface area contributed by atoms with Crippen LogP contribution in [0.3, 0.4) is 0 Å². The largest absolute Gasteiger partial charge is 0.391 e. The minimum Gasteiger partial charge on any atom is -0.391 e. The molecule has 0 saturated heterocycles. The van der Waals surface area contributed by atoms with Crippen molar-refractivity contribution in [2.75, 3.05) is 6.54 Å². The Morgan fingerprint density at radius 3 is 2.52 bits per heavy atom. The average Bonchev–Trinajstić information content (AvgIpc) is 2.83. The molecule has 0 atom stereocenters. The smallest absolute Gasteiger partial charge is 0.250 e. The van der Waals surface area contributed by atoms with E-state index in [1.165, 1.54) is 0 Å². The summed E-state index contributed by atoms with van der Waals surface area (Å²) < 4.78 is 27.3. The quantitative estimate of drug-likeness (QED) is 0.857. The van der Waals surface area contributed by atoms with E-state index in [1.54, 1.807) is 13.0 Å². The molecule has 1 aromatic heterocycles. The van der Waals surface area contributed by atoms with Gasteiger partial charge in [0.25, 0.3) is 0 Å². The molecule has 0 unspecified atom stereocenters. The van der Waals surface area contributed by atoms with E-state index >= 15 is 0 Å². The molecule has 0 saturated carbocycles. The SMILES string of the molecule is Cc1ccccc1CCNS(=O)(=O)c1cc(C)c(CO)s1. The van der Waals surface area contributed by atoms with Crippen molar-refractivity contribution in [3.05, 3.63) is 51.9 Å². The van der Waals surface area contributed by atoms with Crippen LogP contribution in [0.25, 0.3) is 0 Å². The summed E-state index contributed by atoms with van der Waals surface area (Å²) in [6, 6.07) is 9.54. The molecular formula is C15H19NO3S2. The zero-order valence-electron chi connectivity index (χ0n) is 12.1. The monoisotopic (exact) mass is 325 g/mol. The Morgan fingerprint density at radius 1 is 1.19 bits per heavy atom. The van der Waals surface area contributed by atoms with E-state index in [9.17, 15) is 8.42 Å². The summed E-state index contributed by atoms with van der Waals surface area (Å²) in [4.78, 5) is 0.689. The molecule has 0 bridgehead atoms. The summed E-state index contributed by atoms with van der Waals surface area (Å²) in [5, 5.41) is 9.15. The lowest BCUT2D eigenvalue weighted by molar-refractivity contribution is 0.285. The molecule has 0 amide bonds. The maximum Gasteiger partial charge on any atom is 0.250 e. The van der Waals surface area contributed by atoms with Crippen molar-refractivity contribution >= 4 is 21.4 Å². The molecule has 21 heavy (non-hydrogen) atoms. The topological polar surface area (TPSA) is 66.4 Å². The van der Waals surface area contributed by atoms with Gasteiger partial charge in [-0.25, -0.2) is 13.1 Å². The normalized spacial score (nSPS) is 11.8. The third kappa shape index (κ3) is 3.91. The lowest BCUT2D eigenvalue weighted by atomic mass is 10.1. The van der Waals surface area contributed by atoms with Gasteiger partial charge in [0.15, 0.2) is 0 Å². The van der Waals surface area contributed by atoms with Gasteiger partial charge in [0, 0.05) is 11.4 Å². The van der Waals surface area contributed by atoms with E-state index in [1.807, 2.05) is 31.2 Å². The van der Waals surface area contributed by atoms with Crippen LogP contribution in [-0.2, 0) is 23.1 Å². The molecule has 0 aliphatic carbocycles. The van der Waals surface area contributed by atoms with E-state index in [-0.39, 0.29) is 10.8 Å². The molecule has 0 fully saturated rings. The molecule has 1 aromatic carbocycles. The van der Waals surface area contributed by atoms with Crippen LogP contribution in [0.15, 0.2) is 34.5 Å². The number of sulfonamides is 1. The highest BCUT2D eigenvalue weighted by Crippen LogP contribution is 2.25. The first-order valence-electron chi connectivity index (χ1n) is 6.68. The fourth-order valence-electron chi connectivity index (χ4n) is 2.06. The van der Waals surface area contributed by atoms with Crippen molar-refractivity contribution in [1.82, 2.24) is 4.72 Å². The second kappa shape index (κ2) is 6.70. The highest BCUT2D eigenvalue weighted by atomic mass is 32.2. The zero-order chi connectivity index (χ0) is 15.5. The highest BCUT2D eigenvalue weighted by molar-refractivity contribution is 7.91. The Hall–Kier alpha value is -1.21. The third-order valence-corrected chi connectivity index (χ3v) is 6.51. The van der Waals surface area contributed by atoms with E-state index in [0.29, 0.717) is 17.8 Å². The predicted molar refractivity (Wildman–Crippen MR) is 85.1 cm³/mol. The van der Waals surface area contributed by atoms with Crippen molar-refractivity contribution in [2.24, 2.45) is 0 Å². The number of benzene rings is 1. The Kier molecular flexibility index (Phi) is 5.16. The van der Waals surface area contributed by atoms with Gasteiger partial charge in [-0.2, -0.15) is 0 Å². The molecule has 4 nitrogen and oxygen atoms in total. The Bertz CT molecular complexity index is 720. The van der Waals surface area contributed by atoms with Gasteiger partial charge < -0.3 is 5.11 Å². The van der Waals surface area contributed by atoms with Gasteiger partial charge in [-0.1, -0.05) is 24.3 Å². The number of rotatable bonds is 6. The van der Waals surface area contributed by atoms with Crippen LogP contribution in [0, 0.1) is 13.8 Å². The molecule has 114 valence electrons. The van der Waals surface area contributed by atoms with Gasteiger partial charge in [-0.15, -0.1) is 11.3 Å². The first-order valence-corrected chi connectivity index (χ1v) is 8.98. The first kappa shape index (κ1) is 16.2. The molecule has 2 N–H and O–H groups in total. The van der Waals surface area contributed by atoms with Crippen LogP contribution in [0.1, 0.15) is 21.6 Å². The van der Waals surface area contributed by atoms with E-state index in [0.717, 1.165) is 28.0 Å². The molecular weight excluding hydrogens is 306 g/mol. The number of aliphatic hydroxyl groups excluding tert-OH is 1. The minimum absolute atomic E-state index is 0.130. The Labute approximate surface area is 129 Å². The molecule has 2 aromatic rings. The van der Waals surface area contributed by atoms with Gasteiger partial charge in [0.2, 0.25) is 10.0 Å². The molecule has 0 aliphatic rings. The van der Waals surface area contributed by atoms with Crippen LogP contribution in [-0.4, -0.2) is 20.1 Å². The lowest BCUT2D eigenvalue weighted by Gasteiger charge is -2.07. The summed E-state index contributed by atoms with van der Waals surface area (Å²) in [5.41, 5.74) is 3.10. The fraction of sp³-hybridized carbons (Fsp3) is 0.333. The van der Waals surface area contributed by atoms with Crippen molar-refractivity contribution in [3.63, 3.8) is 0 Å². The number of thiophene rings is 1. The second-order valence-electron chi connectivity index (χ2n) is 4.90. The van der Waals surface area contributed by atoms with Crippen molar-refractivity contribution in [3.8, 4) is 0 Å². The van der Waals surface area contributed by atoms with Gasteiger partial charge in [0.05, 0.1) is 6.61 Å². The molecule has 6 heteroatoms. The average molecular weight is 325 g/mol. The Morgan fingerprint density at radius 2 is 1.90 bits per heavy atom. The number of aryl methyl sites for hydroxylation is 2. The van der Waals surface area contributed by atoms with Gasteiger partial charge in [-0.05, 0) is 43.0 Å². The number of hydrogen-bond acceptors (Lipinski definition) is 4. The highest BCUT2D eigenvalue weighted by Gasteiger charge is 2.18. The number of hydrogen-bond donors (Lipinski definition) is 2. The maximum atomic E-state index is 12.2. The summed E-state index contributed by atoms with van der Waals surface area (Å²) >= 11 is 1.12. The van der Waals surface area contributed by atoms with Crippen LogP contribution in [0.5, 0.6) is 0 Å². The first-order chi connectivity index (χ1) is 9.94. The predicted octanol–water partition coefficient (Wildman–Crippen LogP) is 2.38. The Balaban J connectivity index is 2.03. The van der Waals surface area contributed by atoms with E-state index in [4.69, 9.17) is 5.11 Å². The summed E-state index contributed by atoms with van der Waals surface area (Å²) in [6.07, 6.45) is 0.656. The van der Waals surface area contributed by atoms with Crippen molar-refractivity contribution in [1.29, 1.82) is 0 Å². The molecule has 1 heterocycles. The van der Waals surface area contributed by atoms with Gasteiger partial charge >= 0.3 is 0 Å². The second-order valence-corrected chi connectivity index (χ2v) is 8.03. The molecule has 0 radical (unpaired) electrons. The minimum atomic E-state index is -3.50. The van der Waals surface area contributed by atoms with Crippen LogP contribution in [0.2, 0.25) is 0 Å². The van der Waals surface area contributed by atoms with Crippen LogP contribution < -0.4 is 4.72 Å². The number of aliphatic hydroxyl groups is 1.